The van der Waals surface area contributed by atoms with E-state index in [1.807, 2.05) is 18.2 Å². The van der Waals surface area contributed by atoms with Crippen molar-refractivity contribution in [1.82, 2.24) is 9.88 Å². The van der Waals surface area contributed by atoms with Gasteiger partial charge in [-0.15, -0.1) is 0 Å². The molecule has 1 aliphatic carbocycles. The molecule has 1 saturated carbocycles. The molecule has 110 valence electrons. The van der Waals surface area contributed by atoms with Crippen LogP contribution in [0.15, 0.2) is 24.4 Å². The lowest BCUT2D eigenvalue weighted by Gasteiger charge is -2.37. The summed E-state index contributed by atoms with van der Waals surface area (Å²) in [5, 5.41) is 9.14. The number of rotatable bonds is 5. The number of hydrogen-bond donors (Lipinski definition) is 1. The van der Waals surface area contributed by atoms with Gasteiger partial charge >= 0.3 is 0 Å². The predicted octanol–water partition coefficient (Wildman–Crippen LogP) is 0.932. The van der Waals surface area contributed by atoms with Crippen LogP contribution in [-0.2, 0) is 4.74 Å². The Balaban J connectivity index is 1.53. The van der Waals surface area contributed by atoms with Crippen molar-refractivity contribution in [3.8, 4) is 5.88 Å². The van der Waals surface area contributed by atoms with E-state index in [9.17, 15) is 0 Å². The highest BCUT2D eigenvalue weighted by Gasteiger charge is 2.40. The van der Waals surface area contributed by atoms with Gasteiger partial charge in [-0.25, -0.2) is 4.98 Å². The number of ether oxygens (including phenoxy) is 2. The van der Waals surface area contributed by atoms with Crippen LogP contribution >= 0.6 is 0 Å². The molecule has 2 aliphatic rings. The SMILES string of the molecule is OCCN1CCOC2CC(COc3ccccn3)CC21. The minimum Gasteiger partial charge on any atom is -0.477 e. The molecular weight excluding hydrogens is 256 g/mol. The molecule has 3 unspecified atom stereocenters. The molecule has 5 nitrogen and oxygen atoms in total. The van der Waals surface area contributed by atoms with Crippen molar-refractivity contribution in [2.24, 2.45) is 5.92 Å². The van der Waals surface area contributed by atoms with Crippen molar-refractivity contribution < 1.29 is 14.6 Å². The molecule has 0 aromatic carbocycles. The highest BCUT2D eigenvalue weighted by atomic mass is 16.5. The first-order chi connectivity index (χ1) is 9.86. The van der Waals surface area contributed by atoms with E-state index in [2.05, 4.69) is 9.88 Å². The molecule has 3 rings (SSSR count). The van der Waals surface area contributed by atoms with Crippen LogP contribution in [0, 0.1) is 5.92 Å². The highest BCUT2D eigenvalue weighted by Crippen LogP contribution is 2.34. The molecular formula is C15H22N2O3. The van der Waals surface area contributed by atoms with Crippen LogP contribution in [0.2, 0.25) is 0 Å². The van der Waals surface area contributed by atoms with E-state index in [1.165, 1.54) is 0 Å². The monoisotopic (exact) mass is 278 g/mol. The van der Waals surface area contributed by atoms with Gasteiger partial charge in [0.1, 0.15) is 0 Å². The molecule has 1 aliphatic heterocycles. The second kappa shape index (κ2) is 6.52. The van der Waals surface area contributed by atoms with Crippen molar-refractivity contribution in [1.29, 1.82) is 0 Å². The first kappa shape index (κ1) is 13.8. The van der Waals surface area contributed by atoms with E-state index < -0.39 is 0 Å². The smallest absolute Gasteiger partial charge is 0.213 e. The van der Waals surface area contributed by atoms with E-state index >= 15 is 0 Å². The fraction of sp³-hybridized carbons (Fsp3) is 0.667. The largest absolute Gasteiger partial charge is 0.477 e. The number of pyridine rings is 1. The Morgan fingerprint density at radius 3 is 3.15 bits per heavy atom. The van der Waals surface area contributed by atoms with Crippen LogP contribution in [0.4, 0.5) is 0 Å². The Bertz CT molecular complexity index is 413. The summed E-state index contributed by atoms with van der Waals surface area (Å²) in [7, 11) is 0. The molecule has 0 radical (unpaired) electrons. The Hall–Kier alpha value is -1.17. The number of fused-ring (bicyclic) bond motifs is 1. The summed E-state index contributed by atoms with van der Waals surface area (Å²) >= 11 is 0. The maximum absolute atomic E-state index is 9.14. The van der Waals surface area contributed by atoms with Gasteiger partial charge in [0.05, 0.1) is 25.9 Å². The fourth-order valence-corrected chi connectivity index (χ4v) is 3.30. The second-order valence-corrected chi connectivity index (χ2v) is 5.55. The maximum atomic E-state index is 9.14. The van der Waals surface area contributed by atoms with Crippen molar-refractivity contribution in [2.45, 2.75) is 25.0 Å². The lowest BCUT2D eigenvalue weighted by molar-refractivity contribution is -0.0593. The number of morpholine rings is 1. The van der Waals surface area contributed by atoms with Crippen LogP contribution in [0.25, 0.3) is 0 Å². The third kappa shape index (κ3) is 3.11. The van der Waals surface area contributed by atoms with Crippen molar-refractivity contribution in [3.05, 3.63) is 24.4 Å². The molecule has 1 aromatic rings. The van der Waals surface area contributed by atoms with Gasteiger partial charge in [0, 0.05) is 31.4 Å². The zero-order valence-corrected chi connectivity index (χ0v) is 11.6. The van der Waals surface area contributed by atoms with Gasteiger partial charge in [-0.2, -0.15) is 0 Å². The summed E-state index contributed by atoms with van der Waals surface area (Å²) in [4.78, 5) is 6.53. The summed E-state index contributed by atoms with van der Waals surface area (Å²) in [5.74, 6) is 1.20. The summed E-state index contributed by atoms with van der Waals surface area (Å²) in [5.41, 5.74) is 0. The molecule has 1 aromatic heterocycles. The number of β-amino-alcohol motifs (C(OH)–C–C–N with tert-alkyl or cyclic N) is 1. The molecule has 1 N–H and O–H groups in total. The van der Waals surface area contributed by atoms with E-state index in [0.717, 1.165) is 32.5 Å². The van der Waals surface area contributed by atoms with Gasteiger partial charge in [-0.1, -0.05) is 6.07 Å². The lowest BCUT2D eigenvalue weighted by Crippen LogP contribution is -2.49. The molecule has 2 heterocycles. The average molecular weight is 278 g/mol. The van der Waals surface area contributed by atoms with Crippen LogP contribution in [0.5, 0.6) is 5.88 Å². The topological polar surface area (TPSA) is 54.8 Å². The Morgan fingerprint density at radius 2 is 2.35 bits per heavy atom. The summed E-state index contributed by atoms with van der Waals surface area (Å²) in [6.07, 6.45) is 4.17. The van der Waals surface area contributed by atoms with Crippen LogP contribution in [0.3, 0.4) is 0 Å². The number of nitrogens with zero attached hydrogens (tertiary/aromatic N) is 2. The second-order valence-electron chi connectivity index (χ2n) is 5.55. The van der Waals surface area contributed by atoms with Gasteiger partial charge in [0.25, 0.3) is 0 Å². The standard InChI is InChI=1S/C15H22N2O3/c18-7-5-17-6-8-19-14-10-12(9-13(14)17)11-20-15-3-1-2-4-16-15/h1-4,12-14,18H,5-11H2. The third-order valence-electron chi connectivity index (χ3n) is 4.24. The molecule has 0 bridgehead atoms. The zero-order chi connectivity index (χ0) is 13.8. The van der Waals surface area contributed by atoms with Gasteiger partial charge in [-0.05, 0) is 24.8 Å². The van der Waals surface area contributed by atoms with Crippen LogP contribution < -0.4 is 4.74 Å². The molecule has 2 fully saturated rings. The van der Waals surface area contributed by atoms with Gasteiger partial charge in [-0.3, -0.25) is 4.90 Å². The Morgan fingerprint density at radius 1 is 1.40 bits per heavy atom. The summed E-state index contributed by atoms with van der Waals surface area (Å²) in [6.45, 7) is 3.36. The van der Waals surface area contributed by atoms with Crippen molar-refractivity contribution in [2.75, 3.05) is 32.9 Å². The van der Waals surface area contributed by atoms with Crippen molar-refractivity contribution >= 4 is 0 Å². The van der Waals surface area contributed by atoms with E-state index in [1.54, 1.807) is 6.20 Å². The van der Waals surface area contributed by atoms with Crippen molar-refractivity contribution in [3.63, 3.8) is 0 Å². The minimum atomic E-state index is 0.221. The van der Waals surface area contributed by atoms with Gasteiger partial charge in [0.15, 0.2) is 0 Å². The first-order valence-corrected chi connectivity index (χ1v) is 7.37. The van der Waals surface area contributed by atoms with E-state index in [0.29, 0.717) is 30.6 Å². The Labute approximate surface area is 119 Å². The maximum Gasteiger partial charge on any atom is 0.213 e. The molecule has 1 saturated heterocycles. The summed E-state index contributed by atoms with van der Waals surface area (Å²) in [6, 6.07) is 6.14. The molecule has 0 spiro atoms. The fourth-order valence-electron chi connectivity index (χ4n) is 3.30. The van der Waals surface area contributed by atoms with Crippen LogP contribution in [-0.4, -0.2) is 60.0 Å². The van der Waals surface area contributed by atoms with Gasteiger partial charge in [0.2, 0.25) is 5.88 Å². The zero-order valence-electron chi connectivity index (χ0n) is 11.6. The number of aliphatic hydroxyl groups is 1. The quantitative estimate of drug-likeness (QED) is 0.868. The summed E-state index contributed by atoms with van der Waals surface area (Å²) < 4.78 is 11.6. The number of aliphatic hydroxyl groups excluding tert-OH is 1. The number of aromatic nitrogens is 1. The van der Waals surface area contributed by atoms with Crippen LogP contribution in [0.1, 0.15) is 12.8 Å². The lowest BCUT2D eigenvalue weighted by atomic mass is 10.1. The average Bonchev–Trinajstić information content (AvgIpc) is 2.91. The van der Waals surface area contributed by atoms with E-state index in [4.69, 9.17) is 14.6 Å². The normalized spacial score (nSPS) is 30.1. The molecule has 3 atom stereocenters. The number of hydrogen-bond acceptors (Lipinski definition) is 5. The third-order valence-corrected chi connectivity index (χ3v) is 4.24. The van der Waals surface area contributed by atoms with E-state index in [-0.39, 0.29) is 6.61 Å². The first-order valence-electron chi connectivity index (χ1n) is 7.37. The molecule has 5 heteroatoms. The highest BCUT2D eigenvalue weighted by molar-refractivity contribution is 5.09. The van der Waals surface area contributed by atoms with Gasteiger partial charge < -0.3 is 14.6 Å². The molecule has 0 amide bonds. The Kier molecular flexibility index (Phi) is 4.50. The minimum absolute atomic E-state index is 0.221. The predicted molar refractivity (Wildman–Crippen MR) is 74.6 cm³/mol. The molecule has 20 heavy (non-hydrogen) atoms.